The van der Waals surface area contributed by atoms with E-state index >= 15 is 0 Å². The number of para-hydroxylation sites is 2. The molecule has 0 aliphatic carbocycles. The highest BCUT2D eigenvalue weighted by molar-refractivity contribution is 7.91. The molecule has 0 unspecified atom stereocenters. The fourth-order valence-electron chi connectivity index (χ4n) is 1.20. The van der Waals surface area contributed by atoms with Crippen molar-refractivity contribution in [2.24, 2.45) is 0 Å². The van der Waals surface area contributed by atoms with E-state index in [-0.39, 0.29) is 24.7 Å². The van der Waals surface area contributed by atoms with E-state index in [1.165, 1.54) is 7.11 Å². The molecule has 0 aliphatic rings. The van der Waals surface area contributed by atoms with Gasteiger partial charge in [-0.05, 0) is 12.1 Å². The van der Waals surface area contributed by atoms with Crippen LogP contribution in [-0.2, 0) is 14.6 Å². The lowest BCUT2D eigenvalue weighted by atomic mass is 10.3. The van der Waals surface area contributed by atoms with Crippen molar-refractivity contribution < 1.29 is 17.9 Å². The summed E-state index contributed by atoms with van der Waals surface area (Å²) in [5, 5.41) is 0. The van der Waals surface area contributed by atoms with Crippen LogP contribution in [-0.4, -0.2) is 40.2 Å². The second-order valence-corrected chi connectivity index (χ2v) is 5.83. The Morgan fingerprint density at radius 2 is 1.82 bits per heavy atom. The van der Waals surface area contributed by atoms with Crippen LogP contribution in [0, 0.1) is 0 Å². The van der Waals surface area contributed by atoms with Crippen LogP contribution in [0.4, 0.5) is 5.69 Å². The van der Waals surface area contributed by atoms with Crippen molar-refractivity contribution in [1.29, 1.82) is 0 Å². The highest BCUT2D eigenvalue weighted by Gasteiger charge is 2.10. The first-order valence-electron chi connectivity index (χ1n) is 5.22. The standard InChI is InChI=1S/C11H17NO4S/c1-15-6-8-17(13,14)9-7-16-11-5-3-2-4-10(11)12/h2-5H,6-9,12H2,1H3. The molecule has 1 aromatic rings. The molecule has 0 fully saturated rings. The molecule has 0 aromatic heterocycles. The topological polar surface area (TPSA) is 78.6 Å². The summed E-state index contributed by atoms with van der Waals surface area (Å²) in [5.74, 6) is 0.483. The van der Waals surface area contributed by atoms with E-state index in [4.69, 9.17) is 15.2 Å². The molecule has 0 atom stereocenters. The molecule has 0 bridgehead atoms. The third-order valence-electron chi connectivity index (χ3n) is 2.17. The van der Waals surface area contributed by atoms with E-state index in [9.17, 15) is 8.42 Å². The Morgan fingerprint density at radius 1 is 1.18 bits per heavy atom. The van der Waals surface area contributed by atoms with Crippen molar-refractivity contribution in [1.82, 2.24) is 0 Å². The largest absolute Gasteiger partial charge is 0.490 e. The lowest BCUT2D eigenvalue weighted by Gasteiger charge is -2.08. The fraction of sp³-hybridized carbons (Fsp3) is 0.455. The minimum absolute atomic E-state index is 0.0110. The summed E-state index contributed by atoms with van der Waals surface area (Å²) < 4.78 is 33.0. The minimum Gasteiger partial charge on any atom is -0.490 e. The van der Waals surface area contributed by atoms with Gasteiger partial charge in [0.2, 0.25) is 0 Å². The molecule has 1 rings (SSSR count). The molecule has 0 radical (unpaired) electrons. The lowest BCUT2D eigenvalue weighted by molar-refractivity contribution is 0.217. The van der Waals surface area contributed by atoms with Gasteiger partial charge in [-0.25, -0.2) is 8.42 Å². The van der Waals surface area contributed by atoms with Crippen molar-refractivity contribution in [3.63, 3.8) is 0 Å². The number of nitrogens with two attached hydrogens (primary N) is 1. The molecule has 0 amide bonds. The predicted molar refractivity (Wildman–Crippen MR) is 66.9 cm³/mol. The van der Waals surface area contributed by atoms with E-state index < -0.39 is 9.84 Å². The Bertz CT molecular complexity index is 445. The summed E-state index contributed by atoms with van der Waals surface area (Å²) >= 11 is 0. The quantitative estimate of drug-likeness (QED) is 0.729. The van der Waals surface area contributed by atoms with Gasteiger partial charge in [0.15, 0.2) is 9.84 Å². The molecule has 0 saturated carbocycles. The van der Waals surface area contributed by atoms with Gasteiger partial charge in [-0.2, -0.15) is 0 Å². The predicted octanol–water partition coefficient (Wildman–Crippen LogP) is 0.709. The highest BCUT2D eigenvalue weighted by atomic mass is 32.2. The monoisotopic (exact) mass is 259 g/mol. The molecular formula is C11H17NO4S. The summed E-state index contributed by atoms with van der Waals surface area (Å²) in [6.07, 6.45) is 0. The van der Waals surface area contributed by atoms with E-state index in [1.54, 1.807) is 24.3 Å². The van der Waals surface area contributed by atoms with Crippen LogP contribution in [0.2, 0.25) is 0 Å². The first-order chi connectivity index (χ1) is 8.05. The van der Waals surface area contributed by atoms with Gasteiger partial charge in [0.05, 0.1) is 23.8 Å². The lowest BCUT2D eigenvalue weighted by Crippen LogP contribution is -2.19. The van der Waals surface area contributed by atoms with E-state index in [0.29, 0.717) is 11.4 Å². The Morgan fingerprint density at radius 3 is 2.47 bits per heavy atom. The first kappa shape index (κ1) is 13.8. The summed E-state index contributed by atoms with van der Waals surface area (Å²) in [6.45, 7) is 0.302. The highest BCUT2D eigenvalue weighted by Crippen LogP contribution is 2.19. The fourth-order valence-corrected chi connectivity index (χ4v) is 2.16. The third-order valence-corrected chi connectivity index (χ3v) is 3.75. The Balaban J connectivity index is 2.40. The van der Waals surface area contributed by atoms with Crippen LogP contribution in [0.15, 0.2) is 24.3 Å². The van der Waals surface area contributed by atoms with E-state index in [0.717, 1.165) is 0 Å². The van der Waals surface area contributed by atoms with Gasteiger partial charge in [-0.3, -0.25) is 0 Å². The van der Waals surface area contributed by atoms with E-state index in [1.807, 2.05) is 0 Å². The number of ether oxygens (including phenoxy) is 2. The van der Waals surface area contributed by atoms with Crippen LogP contribution in [0.25, 0.3) is 0 Å². The molecule has 2 N–H and O–H groups in total. The SMILES string of the molecule is COCCS(=O)(=O)CCOc1ccccc1N. The maximum absolute atomic E-state index is 11.5. The van der Waals surface area contributed by atoms with Gasteiger partial charge in [0.25, 0.3) is 0 Å². The van der Waals surface area contributed by atoms with Crippen LogP contribution in [0.1, 0.15) is 0 Å². The summed E-state index contributed by atoms with van der Waals surface area (Å²) in [5.41, 5.74) is 6.16. The maximum Gasteiger partial charge on any atom is 0.155 e. The van der Waals surface area contributed by atoms with Crippen molar-refractivity contribution >= 4 is 15.5 Å². The van der Waals surface area contributed by atoms with Crippen LogP contribution < -0.4 is 10.5 Å². The number of rotatable bonds is 7. The second kappa shape index (κ2) is 6.46. The molecule has 6 heteroatoms. The molecule has 1 aromatic carbocycles. The summed E-state index contributed by atoms with van der Waals surface area (Å²) in [6, 6.07) is 6.98. The summed E-state index contributed by atoms with van der Waals surface area (Å²) in [7, 11) is -1.65. The van der Waals surface area contributed by atoms with Crippen molar-refractivity contribution in [3.05, 3.63) is 24.3 Å². The maximum atomic E-state index is 11.5. The smallest absolute Gasteiger partial charge is 0.155 e. The Hall–Kier alpha value is -1.27. The number of anilines is 1. The molecule has 96 valence electrons. The van der Waals surface area contributed by atoms with Gasteiger partial charge >= 0.3 is 0 Å². The number of hydrogen-bond donors (Lipinski definition) is 1. The van der Waals surface area contributed by atoms with Crippen molar-refractivity contribution in [2.75, 3.05) is 37.6 Å². The molecular weight excluding hydrogens is 242 g/mol. The van der Waals surface area contributed by atoms with Crippen molar-refractivity contribution in [3.8, 4) is 5.75 Å². The van der Waals surface area contributed by atoms with Crippen LogP contribution in [0.3, 0.4) is 0 Å². The molecule has 0 spiro atoms. The average Bonchev–Trinajstić information content (AvgIpc) is 2.29. The summed E-state index contributed by atoms with van der Waals surface area (Å²) in [4.78, 5) is 0. The number of methoxy groups -OCH3 is 1. The molecule has 0 heterocycles. The van der Waals surface area contributed by atoms with Crippen LogP contribution >= 0.6 is 0 Å². The molecule has 17 heavy (non-hydrogen) atoms. The minimum atomic E-state index is -3.12. The zero-order valence-electron chi connectivity index (χ0n) is 9.76. The Kier molecular flexibility index (Phi) is 5.24. The number of hydrogen-bond acceptors (Lipinski definition) is 5. The Labute approximate surface area is 101 Å². The molecule has 5 nitrogen and oxygen atoms in total. The number of sulfone groups is 1. The zero-order valence-corrected chi connectivity index (χ0v) is 10.6. The van der Waals surface area contributed by atoms with Crippen molar-refractivity contribution in [2.45, 2.75) is 0 Å². The normalized spacial score (nSPS) is 11.4. The van der Waals surface area contributed by atoms with Crippen LogP contribution in [0.5, 0.6) is 5.75 Å². The van der Waals surface area contributed by atoms with Gasteiger partial charge in [0.1, 0.15) is 12.4 Å². The van der Waals surface area contributed by atoms with Gasteiger partial charge in [-0.1, -0.05) is 12.1 Å². The molecule has 0 aliphatic heterocycles. The van der Waals surface area contributed by atoms with E-state index in [2.05, 4.69) is 0 Å². The van der Waals surface area contributed by atoms with Gasteiger partial charge < -0.3 is 15.2 Å². The number of nitrogen functional groups attached to an aromatic ring is 1. The van der Waals surface area contributed by atoms with Gasteiger partial charge in [-0.15, -0.1) is 0 Å². The first-order valence-corrected chi connectivity index (χ1v) is 7.04. The molecule has 0 saturated heterocycles. The van der Waals surface area contributed by atoms with Gasteiger partial charge in [0, 0.05) is 7.11 Å². The second-order valence-electron chi connectivity index (χ2n) is 3.53. The zero-order chi connectivity index (χ0) is 12.7. The average molecular weight is 259 g/mol. The number of benzene rings is 1. The third kappa shape index (κ3) is 5.06.